The van der Waals surface area contributed by atoms with E-state index in [4.69, 9.17) is 15.2 Å². The summed E-state index contributed by atoms with van der Waals surface area (Å²) < 4.78 is 13.0. The van der Waals surface area contributed by atoms with Gasteiger partial charge in [0, 0.05) is 9.99 Å². The van der Waals surface area contributed by atoms with Crippen molar-refractivity contribution in [3.63, 3.8) is 0 Å². The van der Waals surface area contributed by atoms with Crippen molar-refractivity contribution in [2.45, 2.75) is 62.9 Å². The Balaban J connectivity index is 1.79. The number of hydrogen-bond acceptors (Lipinski definition) is 9. The van der Waals surface area contributed by atoms with E-state index in [0.29, 0.717) is 9.09 Å². The number of ether oxygens (including phenoxy) is 2. The van der Waals surface area contributed by atoms with Crippen molar-refractivity contribution in [2.24, 2.45) is 0 Å². The van der Waals surface area contributed by atoms with E-state index in [1.54, 1.807) is 6.07 Å². The summed E-state index contributed by atoms with van der Waals surface area (Å²) >= 11 is 2.02. The topological polar surface area (TPSA) is 156 Å². The number of nitrogens with two attached hydrogens (primary N) is 1. The maximum Gasteiger partial charge on any atom is 0.305 e. The van der Waals surface area contributed by atoms with Gasteiger partial charge >= 0.3 is 5.97 Å². The number of anilines is 1. The molecule has 0 saturated carbocycles. The van der Waals surface area contributed by atoms with Crippen LogP contribution in [0, 0.1) is 14.9 Å². The third kappa shape index (κ3) is 4.09. The number of hydrogen-bond donors (Lipinski definition) is 3. The number of unbranched alkanes of at least 4 members (excludes halogenated alkanes) is 3. The van der Waals surface area contributed by atoms with Crippen LogP contribution in [0.4, 0.5) is 5.82 Å². The van der Waals surface area contributed by atoms with Gasteiger partial charge in [0.15, 0.2) is 5.82 Å². The lowest BCUT2D eigenvalue weighted by Crippen LogP contribution is -2.41. The van der Waals surface area contributed by atoms with E-state index in [0.717, 1.165) is 25.7 Å². The molecule has 162 valence electrons. The van der Waals surface area contributed by atoms with Crippen LogP contribution in [0.2, 0.25) is 0 Å². The van der Waals surface area contributed by atoms with Crippen LogP contribution >= 0.6 is 22.6 Å². The number of fused-ring (bicyclic) bond motifs is 1. The maximum atomic E-state index is 11.9. The van der Waals surface area contributed by atoms with Gasteiger partial charge in [0.25, 0.3) is 0 Å². The summed E-state index contributed by atoms with van der Waals surface area (Å²) in [6.07, 6.45) is 1.19. The first-order valence-electron chi connectivity index (χ1n) is 9.74. The largest absolute Gasteiger partial charge is 0.463 e. The van der Waals surface area contributed by atoms with Crippen LogP contribution in [-0.4, -0.2) is 55.7 Å². The van der Waals surface area contributed by atoms with Gasteiger partial charge in [-0.25, -0.2) is 9.50 Å². The lowest BCUT2D eigenvalue weighted by molar-refractivity contribution is -0.150. The molecule has 0 radical (unpaired) electrons. The third-order valence-electron chi connectivity index (χ3n) is 5.18. The molecule has 0 aliphatic carbocycles. The summed E-state index contributed by atoms with van der Waals surface area (Å²) in [5.74, 6) is -0.204. The van der Waals surface area contributed by atoms with Crippen LogP contribution in [0.3, 0.4) is 0 Å². The number of halogens is 1. The van der Waals surface area contributed by atoms with E-state index in [-0.39, 0.29) is 24.5 Å². The van der Waals surface area contributed by atoms with Crippen LogP contribution in [-0.2, 0) is 19.9 Å². The van der Waals surface area contributed by atoms with E-state index >= 15 is 0 Å². The van der Waals surface area contributed by atoms with Crippen LogP contribution in [0.5, 0.6) is 0 Å². The molecule has 0 amide bonds. The molecule has 2 aromatic heterocycles. The van der Waals surface area contributed by atoms with Gasteiger partial charge in [0.05, 0.1) is 5.69 Å². The van der Waals surface area contributed by atoms with Crippen LogP contribution in [0.15, 0.2) is 12.4 Å². The Morgan fingerprint density at radius 1 is 1.47 bits per heavy atom. The van der Waals surface area contributed by atoms with Crippen molar-refractivity contribution >= 4 is 39.9 Å². The minimum atomic E-state index is -1.91. The van der Waals surface area contributed by atoms with Gasteiger partial charge in [-0.15, -0.1) is 0 Å². The Labute approximate surface area is 187 Å². The Morgan fingerprint density at radius 2 is 2.23 bits per heavy atom. The molecule has 10 nitrogen and oxygen atoms in total. The average molecular weight is 529 g/mol. The first kappa shape index (κ1) is 22.7. The quantitative estimate of drug-likeness (QED) is 0.260. The van der Waals surface area contributed by atoms with Crippen molar-refractivity contribution in [3.05, 3.63) is 21.7 Å². The smallest absolute Gasteiger partial charge is 0.305 e. The van der Waals surface area contributed by atoms with E-state index in [9.17, 15) is 20.3 Å². The highest BCUT2D eigenvalue weighted by Crippen LogP contribution is 2.41. The normalized spacial score (nSPS) is 26.0. The first-order valence-corrected chi connectivity index (χ1v) is 10.8. The summed E-state index contributed by atoms with van der Waals surface area (Å²) in [6.45, 7) is 1.81. The van der Waals surface area contributed by atoms with E-state index in [1.807, 2.05) is 28.7 Å². The highest BCUT2D eigenvalue weighted by atomic mass is 127. The number of carbonyl (C=O) groups excluding carboxylic acids is 1. The second-order valence-electron chi connectivity index (χ2n) is 7.22. The number of nitriles is 1. The number of esters is 1. The predicted molar refractivity (Wildman–Crippen MR) is 114 cm³/mol. The summed E-state index contributed by atoms with van der Waals surface area (Å²) in [5.41, 5.74) is 4.68. The van der Waals surface area contributed by atoms with Crippen molar-refractivity contribution in [2.75, 3.05) is 12.3 Å². The van der Waals surface area contributed by atoms with E-state index < -0.39 is 29.9 Å². The number of carbonyl (C=O) groups is 1. The average Bonchev–Trinajstić information content (AvgIpc) is 3.20. The molecule has 11 heteroatoms. The van der Waals surface area contributed by atoms with E-state index in [1.165, 1.54) is 10.8 Å². The number of aromatic nitrogens is 3. The molecule has 3 heterocycles. The van der Waals surface area contributed by atoms with Crippen LogP contribution in [0.1, 0.15) is 44.7 Å². The highest BCUT2D eigenvalue weighted by molar-refractivity contribution is 14.1. The number of nitrogens with zero attached hydrogens (tertiary/aromatic N) is 4. The monoisotopic (exact) mass is 529 g/mol. The molecule has 1 fully saturated rings. The number of aliphatic hydroxyl groups excluding tert-OH is 2. The summed E-state index contributed by atoms with van der Waals surface area (Å²) in [5, 5.41) is 35.2. The molecule has 0 unspecified atom stereocenters. The Kier molecular flexibility index (Phi) is 7.12. The van der Waals surface area contributed by atoms with Crippen molar-refractivity contribution < 1.29 is 24.5 Å². The Bertz CT molecular complexity index is 961. The second-order valence-corrected chi connectivity index (χ2v) is 8.38. The maximum absolute atomic E-state index is 11.9. The van der Waals surface area contributed by atoms with Gasteiger partial charge < -0.3 is 25.4 Å². The van der Waals surface area contributed by atoms with Crippen molar-refractivity contribution in [1.29, 1.82) is 5.26 Å². The lowest BCUT2D eigenvalue weighted by Gasteiger charge is -2.24. The number of nitrogen functional groups attached to an aromatic ring is 1. The zero-order valence-electron chi connectivity index (χ0n) is 16.5. The summed E-state index contributed by atoms with van der Waals surface area (Å²) in [6, 6.07) is 3.57. The van der Waals surface area contributed by atoms with Gasteiger partial charge in [-0.2, -0.15) is 10.4 Å². The van der Waals surface area contributed by atoms with Crippen molar-refractivity contribution in [3.8, 4) is 6.07 Å². The molecule has 1 aliphatic heterocycles. The Hall–Kier alpha value is -2.01. The Morgan fingerprint density at radius 3 is 2.93 bits per heavy atom. The van der Waals surface area contributed by atoms with Gasteiger partial charge in [-0.05, 0) is 35.1 Å². The highest BCUT2D eigenvalue weighted by Gasteiger charge is 2.58. The van der Waals surface area contributed by atoms with Crippen LogP contribution < -0.4 is 5.73 Å². The fourth-order valence-corrected chi connectivity index (χ4v) is 4.35. The molecule has 0 spiro atoms. The molecule has 3 rings (SSSR count). The molecule has 30 heavy (non-hydrogen) atoms. The molecule has 4 N–H and O–H groups in total. The molecule has 1 aliphatic rings. The minimum Gasteiger partial charge on any atom is -0.463 e. The zero-order chi connectivity index (χ0) is 21.9. The third-order valence-corrected chi connectivity index (χ3v) is 6.01. The lowest BCUT2D eigenvalue weighted by atomic mass is 9.92. The number of rotatable bonds is 8. The molecule has 4 atom stereocenters. The SMILES string of the molecule is CCCCCCC(=O)OC[C@H]1O[C@](C#N)(c2cc(I)c3c(N)ncnn23)[C@H](O)[C@@H]1O. The summed E-state index contributed by atoms with van der Waals surface area (Å²) in [7, 11) is 0. The minimum absolute atomic E-state index is 0.204. The fraction of sp³-hybridized carbons (Fsp3) is 0.579. The van der Waals surface area contributed by atoms with Gasteiger partial charge in [0.1, 0.15) is 42.8 Å². The molecule has 0 bridgehead atoms. The van der Waals surface area contributed by atoms with E-state index in [2.05, 4.69) is 17.0 Å². The zero-order valence-corrected chi connectivity index (χ0v) is 18.7. The first-order chi connectivity index (χ1) is 14.4. The second kappa shape index (κ2) is 9.42. The summed E-state index contributed by atoms with van der Waals surface area (Å²) in [4.78, 5) is 15.9. The van der Waals surface area contributed by atoms with Crippen LogP contribution in [0.25, 0.3) is 5.52 Å². The van der Waals surface area contributed by atoms with Gasteiger partial charge in [0.2, 0.25) is 5.60 Å². The van der Waals surface area contributed by atoms with Crippen molar-refractivity contribution in [1.82, 2.24) is 14.6 Å². The molecule has 2 aromatic rings. The molecular weight excluding hydrogens is 505 g/mol. The number of aliphatic hydroxyl groups is 2. The standard InChI is InChI=1S/C19H24IN5O5/c1-2-3-4-5-6-14(26)29-8-12-16(27)17(28)19(9-21,30-12)13-7-11(20)15-18(22)23-10-24-25(13)15/h7,10,12,16-17,27-28H,2-6,8H2,1H3,(H2,22,23,24)/t12-,16-,17-,19-/m1/s1. The molecular formula is C19H24IN5O5. The molecule has 0 aromatic carbocycles. The van der Waals surface area contributed by atoms with Gasteiger partial charge in [-0.3, -0.25) is 4.79 Å². The predicted octanol–water partition coefficient (Wildman–Crippen LogP) is 1.27. The molecule has 1 saturated heterocycles. The van der Waals surface area contributed by atoms with Gasteiger partial charge in [-0.1, -0.05) is 26.2 Å². The fourth-order valence-electron chi connectivity index (χ4n) is 3.55.